The van der Waals surface area contributed by atoms with Gasteiger partial charge < -0.3 is 9.80 Å². The maximum Gasteiger partial charge on any atom is 0.234 e. The molecular weight excluding hydrogens is 460 g/mol. The normalized spacial score (nSPS) is 17.2. The van der Waals surface area contributed by atoms with E-state index in [2.05, 4.69) is 67.3 Å². The maximum absolute atomic E-state index is 14.1. The van der Waals surface area contributed by atoms with Gasteiger partial charge in [-0.1, -0.05) is 65.8 Å². The molecule has 2 unspecified atom stereocenters. The third kappa shape index (κ3) is 5.18. The van der Waals surface area contributed by atoms with E-state index in [1.165, 1.54) is 5.56 Å². The Morgan fingerprint density at radius 3 is 2.24 bits per heavy atom. The van der Waals surface area contributed by atoms with E-state index in [1.807, 2.05) is 43.3 Å². The van der Waals surface area contributed by atoms with Crippen molar-refractivity contribution in [3.63, 3.8) is 0 Å². The van der Waals surface area contributed by atoms with Crippen LogP contribution in [0.1, 0.15) is 48.8 Å². The zero-order chi connectivity index (χ0) is 24.2. The molecular formula is C28H32N2O2S2. The first-order valence-electron chi connectivity index (χ1n) is 11.7. The molecule has 4 nitrogen and oxygen atoms in total. The minimum atomic E-state index is -0.389. The van der Waals surface area contributed by atoms with Crippen molar-refractivity contribution in [3.8, 4) is 0 Å². The molecule has 1 aliphatic rings. The average Bonchev–Trinajstić information content (AvgIpc) is 2.86. The summed E-state index contributed by atoms with van der Waals surface area (Å²) in [6, 6.07) is 24.7. The third-order valence-electron chi connectivity index (χ3n) is 6.44. The van der Waals surface area contributed by atoms with Gasteiger partial charge in [-0.2, -0.15) is 0 Å². The molecule has 1 amide bonds. The lowest BCUT2D eigenvalue weighted by Crippen LogP contribution is -2.37. The molecule has 6 heteroatoms. The van der Waals surface area contributed by atoms with Crippen molar-refractivity contribution < 1.29 is 9.00 Å². The van der Waals surface area contributed by atoms with E-state index in [9.17, 15) is 9.00 Å². The molecule has 0 radical (unpaired) electrons. The lowest BCUT2D eigenvalue weighted by atomic mass is 9.93. The van der Waals surface area contributed by atoms with Crippen LogP contribution in [0.2, 0.25) is 0 Å². The van der Waals surface area contributed by atoms with E-state index in [4.69, 9.17) is 0 Å². The second kappa shape index (κ2) is 10.7. The van der Waals surface area contributed by atoms with Crippen LogP contribution in [0, 0.1) is 0 Å². The number of hydrogen-bond donors (Lipinski definition) is 0. The largest absolute Gasteiger partial charge is 0.378 e. The Labute approximate surface area is 208 Å². The fraction of sp³-hybridized carbons (Fsp3) is 0.321. The molecule has 0 aromatic heterocycles. The number of amides is 1. The molecule has 34 heavy (non-hydrogen) atoms. The molecule has 1 heterocycles. The Balaban J connectivity index is 1.71. The molecule has 3 aromatic rings. The van der Waals surface area contributed by atoms with E-state index in [0.29, 0.717) is 29.1 Å². The summed E-state index contributed by atoms with van der Waals surface area (Å²) in [6.07, 6.45) is 0.703. The second-order valence-corrected chi connectivity index (χ2v) is 12.5. The van der Waals surface area contributed by atoms with Gasteiger partial charge in [0.15, 0.2) is 0 Å². The number of nitrogens with zero attached hydrogens (tertiary/aromatic N) is 2. The number of fused-ring (bicyclic) bond motifs is 1. The first kappa shape index (κ1) is 24.4. The molecule has 0 saturated heterocycles. The van der Waals surface area contributed by atoms with E-state index >= 15 is 0 Å². The van der Waals surface area contributed by atoms with E-state index in [0.717, 1.165) is 33.2 Å². The van der Waals surface area contributed by atoms with Crippen LogP contribution < -0.4 is 9.80 Å². The smallest absolute Gasteiger partial charge is 0.234 e. The van der Waals surface area contributed by atoms with Crippen LogP contribution >= 0.6 is 0 Å². The number of benzene rings is 3. The van der Waals surface area contributed by atoms with Crippen molar-refractivity contribution in [2.45, 2.75) is 43.5 Å². The summed E-state index contributed by atoms with van der Waals surface area (Å²) in [5.74, 6) is 1.04. The number of anilines is 2. The molecule has 0 N–H and O–H groups in total. The summed E-state index contributed by atoms with van der Waals surface area (Å²) in [7, 11) is 4.32. The maximum atomic E-state index is 14.1. The fourth-order valence-corrected chi connectivity index (χ4v) is 7.08. The van der Waals surface area contributed by atoms with E-state index in [1.54, 1.807) is 0 Å². The van der Waals surface area contributed by atoms with Crippen molar-refractivity contribution in [2.24, 2.45) is 0 Å². The zero-order valence-electron chi connectivity index (χ0n) is 20.2. The summed E-state index contributed by atoms with van der Waals surface area (Å²) in [5.41, 5.74) is 5.40. The van der Waals surface area contributed by atoms with Gasteiger partial charge in [0.1, 0.15) is 10.2 Å². The topological polar surface area (TPSA) is 40.6 Å². The van der Waals surface area contributed by atoms with Crippen molar-refractivity contribution in [2.75, 3.05) is 29.6 Å². The van der Waals surface area contributed by atoms with Gasteiger partial charge in [0.05, 0.1) is 12.5 Å². The van der Waals surface area contributed by atoms with Crippen LogP contribution in [0.25, 0.3) is 0 Å². The third-order valence-corrected chi connectivity index (χ3v) is 9.61. The second-order valence-electron chi connectivity index (χ2n) is 9.23. The lowest BCUT2D eigenvalue weighted by molar-refractivity contribution is -0.120. The number of hydrogen-bond acceptors (Lipinski definition) is 3. The minimum Gasteiger partial charge on any atom is -0.378 e. The van der Waals surface area contributed by atoms with Crippen LogP contribution in [-0.2, 0) is 31.0 Å². The standard InChI is InChI=1S/C28H32N2O2S2/c1-20(2)22-11-15-24(16-12-22)30(19-21-9-13-23(14-10-21)29(3)4)28(31)26-17-18-34(33-32)27-8-6-5-7-25(26)27/h5-16,20,26H,17-19H2,1-4H3. The summed E-state index contributed by atoms with van der Waals surface area (Å²) >= 11 is 0. The van der Waals surface area contributed by atoms with E-state index in [-0.39, 0.29) is 21.3 Å². The van der Waals surface area contributed by atoms with Gasteiger partial charge in [0.25, 0.3) is 0 Å². The van der Waals surface area contributed by atoms with Crippen LogP contribution in [0.5, 0.6) is 0 Å². The molecule has 0 spiro atoms. The highest BCUT2D eigenvalue weighted by atomic mass is 32.8. The Morgan fingerprint density at radius 1 is 0.971 bits per heavy atom. The lowest BCUT2D eigenvalue weighted by Gasteiger charge is -2.31. The molecule has 3 aromatic carbocycles. The van der Waals surface area contributed by atoms with Gasteiger partial charge in [-0.05, 0) is 59.4 Å². The average molecular weight is 493 g/mol. The Kier molecular flexibility index (Phi) is 7.69. The van der Waals surface area contributed by atoms with Crippen LogP contribution in [0.4, 0.5) is 11.4 Å². The minimum absolute atomic E-state index is 0.0978. The van der Waals surface area contributed by atoms with Gasteiger partial charge in [0, 0.05) is 36.1 Å². The van der Waals surface area contributed by atoms with Gasteiger partial charge in [0.2, 0.25) is 5.91 Å². The van der Waals surface area contributed by atoms with Gasteiger partial charge >= 0.3 is 0 Å². The van der Waals surface area contributed by atoms with Crippen molar-refractivity contribution in [1.29, 1.82) is 0 Å². The molecule has 2 atom stereocenters. The number of carbonyl (C=O) groups excluding carboxylic acids is 1. The molecule has 0 aliphatic carbocycles. The first-order chi connectivity index (χ1) is 16.4. The molecule has 1 aliphatic heterocycles. The van der Waals surface area contributed by atoms with E-state index < -0.39 is 0 Å². The van der Waals surface area contributed by atoms with Crippen molar-refractivity contribution in [1.82, 2.24) is 0 Å². The first-order valence-corrected chi connectivity index (χ1v) is 14.3. The fourth-order valence-electron chi connectivity index (χ4n) is 4.40. The molecule has 4 rings (SSSR count). The monoisotopic (exact) mass is 492 g/mol. The van der Waals surface area contributed by atoms with Gasteiger partial charge in [-0.15, -0.1) is 0 Å². The summed E-state index contributed by atoms with van der Waals surface area (Å²) in [5, 5.41) is 0. The molecule has 0 saturated carbocycles. The van der Waals surface area contributed by atoms with Gasteiger partial charge in [-0.3, -0.25) is 4.79 Å². The summed E-state index contributed by atoms with van der Waals surface area (Å²) in [6.45, 7) is 4.86. The number of rotatable bonds is 6. The Bertz CT molecular complexity index is 1210. The van der Waals surface area contributed by atoms with Crippen molar-refractivity contribution in [3.05, 3.63) is 89.5 Å². The Morgan fingerprint density at radius 2 is 1.62 bits per heavy atom. The molecule has 0 fully saturated rings. The SMILES string of the molecule is CC(C)c1ccc(N(Cc2ccc(N(C)C)cc2)C(=O)C2CCS(=S=O)c3ccccc32)cc1. The number of carbonyl (C=O) groups is 1. The van der Waals surface area contributed by atoms with Crippen molar-refractivity contribution >= 4 is 37.0 Å². The van der Waals surface area contributed by atoms with Crippen LogP contribution in [0.15, 0.2) is 77.7 Å². The summed E-state index contributed by atoms with van der Waals surface area (Å²) in [4.78, 5) is 19.1. The quantitative estimate of drug-likeness (QED) is 0.443. The summed E-state index contributed by atoms with van der Waals surface area (Å²) < 4.78 is 11.7. The Hall–Kier alpha value is -2.70. The highest BCUT2D eigenvalue weighted by Gasteiger charge is 2.32. The van der Waals surface area contributed by atoms with Gasteiger partial charge in [-0.25, -0.2) is 4.21 Å². The van der Waals surface area contributed by atoms with Crippen LogP contribution in [0.3, 0.4) is 0 Å². The highest BCUT2D eigenvalue weighted by molar-refractivity contribution is 8.31. The highest BCUT2D eigenvalue weighted by Crippen LogP contribution is 2.35. The molecule has 0 bridgehead atoms. The predicted molar refractivity (Wildman–Crippen MR) is 145 cm³/mol. The predicted octanol–water partition coefficient (Wildman–Crippen LogP) is 5.70. The molecule has 178 valence electrons. The van der Waals surface area contributed by atoms with Crippen LogP contribution in [-0.4, -0.2) is 30.0 Å². The zero-order valence-corrected chi connectivity index (χ0v) is 21.9.